The molecule has 5 heteroatoms. The minimum absolute atomic E-state index is 0.0363. The Kier molecular flexibility index (Phi) is 4.37. The van der Waals surface area contributed by atoms with Crippen molar-refractivity contribution in [2.45, 2.75) is 44.7 Å². The molecule has 1 aromatic carbocycles. The molecule has 0 heterocycles. The molecule has 2 rings (SSSR count). The molecular formula is C15H18FNO3. The third-order valence-corrected chi connectivity index (χ3v) is 3.57. The van der Waals surface area contributed by atoms with Crippen LogP contribution in [-0.2, 0) is 16.0 Å². The van der Waals surface area contributed by atoms with Crippen molar-refractivity contribution in [3.05, 3.63) is 35.6 Å². The highest BCUT2D eigenvalue weighted by atomic mass is 19.1. The van der Waals surface area contributed by atoms with E-state index in [-0.39, 0.29) is 24.2 Å². The SMILES string of the molecule is C[C@@H](C(=O)O)N(C(=O)CCc1ccccc1F)C1CC1. The first kappa shape index (κ1) is 14.5. The quantitative estimate of drug-likeness (QED) is 0.868. The number of halogens is 1. The fourth-order valence-electron chi connectivity index (χ4n) is 2.28. The molecule has 0 aliphatic heterocycles. The van der Waals surface area contributed by atoms with E-state index in [1.807, 2.05) is 0 Å². The van der Waals surface area contributed by atoms with Crippen LogP contribution in [0.3, 0.4) is 0 Å². The smallest absolute Gasteiger partial charge is 0.326 e. The van der Waals surface area contributed by atoms with Crippen molar-refractivity contribution in [2.75, 3.05) is 0 Å². The van der Waals surface area contributed by atoms with E-state index < -0.39 is 12.0 Å². The molecular weight excluding hydrogens is 261 g/mol. The van der Waals surface area contributed by atoms with Gasteiger partial charge >= 0.3 is 5.97 Å². The average molecular weight is 279 g/mol. The van der Waals surface area contributed by atoms with Crippen LogP contribution in [-0.4, -0.2) is 34.0 Å². The molecule has 0 aromatic heterocycles. The predicted octanol–water partition coefficient (Wildman–Crippen LogP) is 2.22. The maximum absolute atomic E-state index is 13.5. The van der Waals surface area contributed by atoms with E-state index in [0.717, 1.165) is 12.8 Å². The number of benzene rings is 1. The predicted molar refractivity (Wildman–Crippen MR) is 71.7 cm³/mol. The molecule has 0 radical (unpaired) electrons. The number of carbonyl (C=O) groups excluding carboxylic acids is 1. The van der Waals surface area contributed by atoms with Crippen LogP contribution in [0.25, 0.3) is 0 Å². The van der Waals surface area contributed by atoms with Crippen molar-refractivity contribution >= 4 is 11.9 Å². The Balaban J connectivity index is 1.99. The van der Waals surface area contributed by atoms with Crippen LogP contribution >= 0.6 is 0 Å². The highest BCUT2D eigenvalue weighted by Gasteiger charge is 2.37. The minimum atomic E-state index is -1.00. The molecule has 1 aliphatic rings. The summed E-state index contributed by atoms with van der Waals surface area (Å²) in [6.07, 6.45) is 2.13. The third-order valence-electron chi connectivity index (χ3n) is 3.57. The summed E-state index contributed by atoms with van der Waals surface area (Å²) >= 11 is 0. The Morgan fingerprint density at radius 1 is 1.40 bits per heavy atom. The largest absolute Gasteiger partial charge is 0.480 e. The lowest BCUT2D eigenvalue weighted by molar-refractivity contribution is -0.150. The summed E-state index contributed by atoms with van der Waals surface area (Å²) in [6.45, 7) is 1.52. The van der Waals surface area contributed by atoms with E-state index >= 15 is 0 Å². The first-order valence-electron chi connectivity index (χ1n) is 6.78. The number of carboxylic acids is 1. The maximum atomic E-state index is 13.5. The van der Waals surface area contributed by atoms with Crippen LogP contribution < -0.4 is 0 Å². The van der Waals surface area contributed by atoms with Gasteiger partial charge in [-0.3, -0.25) is 4.79 Å². The summed E-state index contributed by atoms with van der Waals surface area (Å²) < 4.78 is 13.5. The zero-order valence-corrected chi connectivity index (χ0v) is 11.4. The number of aryl methyl sites for hydroxylation is 1. The van der Waals surface area contributed by atoms with Gasteiger partial charge in [-0.1, -0.05) is 18.2 Å². The van der Waals surface area contributed by atoms with Crippen LogP contribution in [0.2, 0.25) is 0 Å². The van der Waals surface area contributed by atoms with Crippen molar-refractivity contribution < 1.29 is 19.1 Å². The average Bonchev–Trinajstić information content (AvgIpc) is 3.22. The van der Waals surface area contributed by atoms with Crippen molar-refractivity contribution in [1.82, 2.24) is 4.90 Å². The van der Waals surface area contributed by atoms with E-state index in [0.29, 0.717) is 12.0 Å². The van der Waals surface area contributed by atoms with Crippen molar-refractivity contribution in [3.63, 3.8) is 0 Å². The van der Waals surface area contributed by atoms with Gasteiger partial charge in [-0.15, -0.1) is 0 Å². The van der Waals surface area contributed by atoms with Gasteiger partial charge in [0.25, 0.3) is 0 Å². The topological polar surface area (TPSA) is 57.6 Å². The van der Waals surface area contributed by atoms with Gasteiger partial charge in [0, 0.05) is 12.5 Å². The molecule has 1 amide bonds. The second-order valence-corrected chi connectivity index (χ2v) is 5.14. The molecule has 1 aromatic rings. The second-order valence-electron chi connectivity index (χ2n) is 5.14. The third kappa shape index (κ3) is 3.35. The molecule has 1 aliphatic carbocycles. The Morgan fingerprint density at radius 3 is 2.60 bits per heavy atom. The number of carbonyl (C=O) groups is 2. The van der Waals surface area contributed by atoms with E-state index in [9.17, 15) is 14.0 Å². The lowest BCUT2D eigenvalue weighted by Gasteiger charge is -2.26. The lowest BCUT2D eigenvalue weighted by atomic mass is 10.1. The van der Waals surface area contributed by atoms with Crippen LogP contribution in [0.5, 0.6) is 0 Å². The van der Waals surface area contributed by atoms with Gasteiger partial charge in [0.05, 0.1) is 0 Å². The lowest BCUT2D eigenvalue weighted by Crippen LogP contribution is -2.44. The first-order valence-corrected chi connectivity index (χ1v) is 6.78. The number of hydrogen-bond donors (Lipinski definition) is 1. The van der Waals surface area contributed by atoms with E-state index in [4.69, 9.17) is 5.11 Å². The molecule has 1 saturated carbocycles. The molecule has 20 heavy (non-hydrogen) atoms. The number of rotatable bonds is 6. The monoisotopic (exact) mass is 279 g/mol. The zero-order valence-electron chi connectivity index (χ0n) is 11.4. The summed E-state index contributed by atoms with van der Waals surface area (Å²) in [5.41, 5.74) is 0.486. The minimum Gasteiger partial charge on any atom is -0.480 e. The van der Waals surface area contributed by atoms with Crippen LogP contribution in [0.4, 0.5) is 4.39 Å². The number of amides is 1. The fraction of sp³-hybridized carbons (Fsp3) is 0.467. The highest BCUT2D eigenvalue weighted by Crippen LogP contribution is 2.29. The van der Waals surface area contributed by atoms with Gasteiger partial charge in [-0.05, 0) is 37.8 Å². The van der Waals surface area contributed by atoms with Crippen molar-refractivity contribution in [1.29, 1.82) is 0 Å². The molecule has 0 saturated heterocycles. The van der Waals surface area contributed by atoms with Crippen LogP contribution in [0.15, 0.2) is 24.3 Å². The molecule has 1 N–H and O–H groups in total. The summed E-state index contributed by atoms with van der Waals surface area (Å²) in [7, 11) is 0. The highest BCUT2D eigenvalue weighted by molar-refractivity contribution is 5.84. The molecule has 0 unspecified atom stereocenters. The number of nitrogens with zero attached hydrogens (tertiary/aromatic N) is 1. The number of hydrogen-bond acceptors (Lipinski definition) is 2. The zero-order chi connectivity index (χ0) is 14.7. The number of carboxylic acid groups (broad SMARTS) is 1. The van der Waals surface area contributed by atoms with E-state index in [1.54, 1.807) is 18.2 Å². The molecule has 1 atom stereocenters. The Labute approximate surface area is 117 Å². The molecule has 108 valence electrons. The Morgan fingerprint density at radius 2 is 2.05 bits per heavy atom. The van der Waals surface area contributed by atoms with Gasteiger partial charge in [0.1, 0.15) is 11.9 Å². The Hall–Kier alpha value is -1.91. The fourth-order valence-corrected chi connectivity index (χ4v) is 2.28. The van der Waals surface area contributed by atoms with Crippen molar-refractivity contribution in [3.8, 4) is 0 Å². The number of aliphatic carboxylic acids is 1. The normalized spacial score (nSPS) is 15.7. The van der Waals surface area contributed by atoms with Crippen LogP contribution in [0.1, 0.15) is 31.7 Å². The van der Waals surface area contributed by atoms with Gasteiger partial charge in [0.2, 0.25) is 5.91 Å². The van der Waals surface area contributed by atoms with E-state index in [1.165, 1.54) is 17.9 Å². The van der Waals surface area contributed by atoms with Crippen LogP contribution in [0, 0.1) is 5.82 Å². The molecule has 0 spiro atoms. The second kappa shape index (κ2) is 6.03. The van der Waals surface area contributed by atoms with Gasteiger partial charge in [-0.25, -0.2) is 9.18 Å². The molecule has 4 nitrogen and oxygen atoms in total. The first-order chi connectivity index (χ1) is 9.50. The molecule has 1 fully saturated rings. The summed E-state index contributed by atoms with van der Waals surface area (Å²) in [5, 5.41) is 9.05. The van der Waals surface area contributed by atoms with Gasteiger partial charge in [-0.2, -0.15) is 0 Å². The Bertz CT molecular complexity index is 514. The standard InChI is InChI=1S/C15H18FNO3/c1-10(15(19)20)17(12-7-8-12)14(18)9-6-11-4-2-3-5-13(11)16/h2-5,10,12H,6-9H2,1H3,(H,19,20)/t10-/m0/s1. The molecule has 0 bridgehead atoms. The van der Waals surface area contributed by atoms with Crippen molar-refractivity contribution in [2.24, 2.45) is 0 Å². The summed E-state index contributed by atoms with van der Waals surface area (Å²) in [4.78, 5) is 24.7. The summed E-state index contributed by atoms with van der Waals surface area (Å²) in [5.74, 6) is -1.55. The summed E-state index contributed by atoms with van der Waals surface area (Å²) in [6, 6.07) is 5.54. The maximum Gasteiger partial charge on any atom is 0.326 e. The van der Waals surface area contributed by atoms with E-state index in [2.05, 4.69) is 0 Å². The van der Waals surface area contributed by atoms with Gasteiger partial charge < -0.3 is 10.0 Å². The van der Waals surface area contributed by atoms with Gasteiger partial charge in [0.15, 0.2) is 0 Å².